The highest BCUT2D eigenvalue weighted by atomic mass is 19.4. The lowest BCUT2D eigenvalue weighted by Crippen LogP contribution is -2.21. The SMILES string of the molecule is CC(NCCCC(F)(F)F)c1ccc2c(c1)OCCCO2. The van der Waals surface area contributed by atoms with Gasteiger partial charge in [-0.05, 0) is 37.6 Å². The maximum Gasteiger partial charge on any atom is 0.389 e. The summed E-state index contributed by atoms with van der Waals surface area (Å²) >= 11 is 0. The van der Waals surface area contributed by atoms with Gasteiger partial charge >= 0.3 is 6.18 Å². The van der Waals surface area contributed by atoms with Crippen LogP contribution in [0.5, 0.6) is 11.5 Å². The van der Waals surface area contributed by atoms with E-state index in [1.165, 1.54) is 0 Å². The van der Waals surface area contributed by atoms with E-state index in [2.05, 4.69) is 5.32 Å². The average Bonchev–Trinajstić information content (AvgIpc) is 2.66. The lowest BCUT2D eigenvalue weighted by molar-refractivity contribution is -0.135. The van der Waals surface area contributed by atoms with Crippen LogP contribution in [-0.2, 0) is 0 Å². The summed E-state index contributed by atoms with van der Waals surface area (Å²) in [5, 5.41) is 3.10. The standard InChI is InChI=1S/C15H20F3NO2/c1-11(19-7-2-6-15(16,17)18)12-4-5-13-14(10-12)21-9-3-8-20-13/h4-5,10-11,19H,2-3,6-9H2,1H3. The van der Waals surface area contributed by atoms with Gasteiger partial charge in [-0.2, -0.15) is 13.2 Å². The molecule has 0 radical (unpaired) electrons. The van der Waals surface area contributed by atoms with E-state index < -0.39 is 12.6 Å². The molecule has 1 aliphatic rings. The van der Waals surface area contributed by atoms with E-state index >= 15 is 0 Å². The van der Waals surface area contributed by atoms with Gasteiger partial charge < -0.3 is 14.8 Å². The molecule has 0 aromatic heterocycles. The van der Waals surface area contributed by atoms with Crippen molar-refractivity contribution in [2.24, 2.45) is 0 Å². The number of alkyl halides is 3. The number of benzene rings is 1. The first kappa shape index (κ1) is 15.9. The minimum atomic E-state index is -4.08. The van der Waals surface area contributed by atoms with Gasteiger partial charge in [0.1, 0.15) is 0 Å². The normalized spacial score (nSPS) is 16.4. The van der Waals surface area contributed by atoms with Crippen molar-refractivity contribution in [3.8, 4) is 11.5 Å². The Balaban J connectivity index is 1.87. The second kappa shape index (κ2) is 7.02. The number of hydrogen-bond donors (Lipinski definition) is 1. The van der Waals surface area contributed by atoms with Crippen LogP contribution in [0.1, 0.15) is 37.8 Å². The molecule has 6 heteroatoms. The van der Waals surface area contributed by atoms with Crippen molar-refractivity contribution in [3.05, 3.63) is 23.8 Å². The molecule has 21 heavy (non-hydrogen) atoms. The second-order valence-corrected chi connectivity index (χ2v) is 5.15. The van der Waals surface area contributed by atoms with Gasteiger partial charge in [0.25, 0.3) is 0 Å². The molecule has 3 nitrogen and oxygen atoms in total. The fourth-order valence-electron chi connectivity index (χ4n) is 2.17. The average molecular weight is 303 g/mol. The highest BCUT2D eigenvalue weighted by Crippen LogP contribution is 2.32. The molecule has 0 spiro atoms. The van der Waals surface area contributed by atoms with E-state index in [1.54, 1.807) is 0 Å². The van der Waals surface area contributed by atoms with E-state index in [1.807, 2.05) is 25.1 Å². The van der Waals surface area contributed by atoms with Crippen LogP contribution in [0.25, 0.3) is 0 Å². The molecular weight excluding hydrogens is 283 g/mol. The van der Waals surface area contributed by atoms with Crippen LogP contribution >= 0.6 is 0 Å². The van der Waals surface area contributed by atoms with Crippen LogP contribution in [0.15, 0.2) is 18.2 Å². The second-order valence-electron chi connectivity index (χ2n) is 5.15. The molecule has 0 fully saturated rings. The van der Waals surface area contributed by atoms with Crippen molar-refractivity contribution in [1.82, 2.24) is 5.32 Å². The third-order valence-electron chi connectivity index (χ3n) is 3.36. The van der Waals surface area contributed by atoms with Crippen LogP contribution in [-0.4, -0.2) is 25.9 Å². The van der Waals surface area contributed by atoms with Gasteiger partial charge in [-0.15, -0.1) is 0 Å². The quantitative estimate of drug-likeness (QED) is 0.838. The summed E-state index contributed by atoms with van der Waals surface area (Å²) in [6.07, 6.45) is -3.92. The monoisotopic (exact) mass is 303 g/mol. The van der Waals surface area contributed by atoms with Crippen LogP contribution in [0.4, 0.5) is 13.2 Å². The first-order valence-electron chi connectivity index (χ1n) is 7.15. The molecule has 0 saturated heterocycles. The lowest BCUT2D eigenvalue weighted by atomic mass is 10.1. The number of hydrogen-bond acceptors (Lipinski definition) is 3. The molecule has 2 rings (SSSR count). The van der Waals surface area contributed by atoms with E-state index in [4.69, 9.17) is 9.47 Å². The summed E-state index contributed by atoms with van der Waals surface area (Å²) in [5.74, 6) is 1.43. The smallest absolute Gasteiger partial charge is 0.389 e. The van der Waals surface area contributed by atoms with Crippen LogP contribution in [0, 0.1) is 0 Å². The first-order chi connectivity index (χ1) is 9.96. The predicted octanol–water partition coefficient (Wildman–Crippen LogP) is 3.84. The Morgan fingerprint density at radius 1 is 1.19 bits per heavy atom. The van der Waals surface area contributed by atoms with Crippen molar-refractivity contribution in [2.45, 2.75) is 38.4 Å². The largest absolute Gasteiger partial charge is 0.490 e. The zero-order valence-corrected chi connectivity index (χ0v) is 12.0. The highest BCUT2D eigenvalue weighted by Gasteiger charge is 2.26. The highest BCUT2D eigenvalue weighted by molar-refractivity contribution is 5.44. The first-order valence-corrected chi connectivity index (χ1v) is 7.15. The van der Waals surface area contributed by atoms with E-state index in [-0.39, 0.29) is 12.5 Å². The molecule has 0 amide bonds. The molecule has 1 unspecified atom stereocenters. The molecule has 0 bridgehead atoms. The van der Waals surface area contributed by atoms with E-state index in [9.17, 15) is 13.2 Å². The third kappa shape index (κ3) is 5.12. The van der Waals surface area contributed by atoms with Gasteiger partial charge in [0, 0.05) is 18.9 Å². The summed E-state index contributed by atoms with van der Waals surface area (Å²) in [6, 6.07) is 5.62. The fourth-order valence-corrected chi connectivity index (χ4v) is 2.17. The topological polar surface area (TPSA) is 30.5 Å². The maximum absolute atomic E-state index is 12.1. The van der Waals surface area contributed by atoms with Gasteiger partial charge in [0.05, 0.1) is 13.2 Å². The molecule has 1 N–H and O–H groups in total. The van der Waals surface area contributed by atoms with Gasteiger partial charge in [0.2, 0.25) is 0 Å². The van der Waals surface area contributed by atoms with E-state index in [0.717, 1.165) is 17.7 Å². The Bertz CT molecular complexity index is 463. The number of rotatable bonds is 5. The molecule has 1 aromatic rings. The summed E-state index contributed by atoms with van der Waals surface area (Å²) in [4.78, 5) is 0. The van der Waals surface area contributed by atoms with Crippen LogP contribution in [0.2, 0.25) is 0 Å². The van der Waals surface area contributed by atoms with Crippen LogP contribution < -0.4 is 14.8 Å². The van der Waals surface area contributed by atoms with Crippen molar-refractivity contribution in [3.63, 3.8) is 0 Å². The van der Waals surface area contributed by atoms with Gasteiger partial charge in [-0.25, -0.2) is 0 Å². The number of ether oxygens (including phenoxy) is 2. The summed E-state index contributed by atoms with van der Waals surface area (Å²) in [6.45, 7) is 3.50. The molecular formula is C15H20F3NO2. The molecule has 0 aliphatic carbocycles. The molecule has 0 saturated carbocycles. The number of nitrogens with one attached hydrogen (secondary N) is 1. The Morgan fingerprint density at radius 2 is 1.90 bits per heavy atom. The van der Waals surface area contributed by atoms with Crippen LogP contribution in [0.3, 0.4) is 0 Å². The molecule has 1 heterocycles. The van der Waals surface area contributed by atoms with E-state index in [0.29, 0.717) is 25.5 Å². The third-order valence-corrected chi connectivity index (χ3v) is 3.36. The zero-order valence-electron chi connectivity index (χ0n) is 12.0. The minimum Gasteiger partial charge on any atom is -0.490 e. The lowest BCUT2D eigenvalue weighted by Gasteiger charge is -2.16. The molecule has 1 atom stereocenters. The summed E-state index contributed by atoms with van der Waals surface area (Å²) in [5.41, 5.74) is 0.978. The van der Waals surface area contributed by atoms with Crippen molar-refractivity contribution >= 4 is 0 Å². The Labute approximate surface area is 122 Å². The maximum atomic E-state index is 12.1. The Hall–Kier alpha value is -1.43. The Kier molecular flexibility index (Phi) is 5.33. The number of halogens is 3. The summed E-state index contributed by atoms with van der Waals surface area (Å²) in [7, 11) is 0. The predicted molar refractivity (Wildman–Crippen MR) is 73.8 cm³/mol. The molecule has 118 valence electrons. The van der Waals surface area contributed by atoms with Crippen molar-refractivity contribution in [2.75, 3.05) is 19.8 Å². The molecule has 1 aliphatic heterocycles. The van der Waals surface area contributed by atoms with Gasteiger partial charge in [-0.1, -0.05) is 6.07 Å². The number of fused-ring (bicyclic) bond motifs is 1. The minimum absolute atomic E-state index is 0.0320. The fraction of sp³-hybridized carbons (Fsp3) is 0.600. The van der Waals surface area contributed by atoms with Gasteiger partial charge in [-0.3, -0.25) is 0 Å². The van der Waals surface area contributed by atoms with Gasteiger partial charge in [0.15, 0.2) is 11.5 Å². The molecule has 1 aromatic carbocycles. The van der Waals surface area contributed by atoms with Crippen molar-refractivity contribution in [1.29, 1.82) is 0 Å². The zero-order chi connectivity index (χ0) is 15.3. The Morgan fingerprint density at radius 3 is 2.62 bits per heavy atom. The summed E-state index contributed by atoms with van der Waals surface area (Å²) < 4.78 is 47.4. The van der Waals surface area contributed by atoms with Crippen molar-refractivity contribution < 1.29 is 22.6 Å².